The van der Waals surface area contributed by atoms with Crippen molar-refractivity contribution in [1.82, 2.24) is 4.57 Å². The van der Waals surface area contributed by atoms with E-state index in [1.54, 1.807) is 0 Å². The number of aromatic nitrogens is 1. The molecule has 0 spiro atoms. The van der Waals surface area contributed by atoms with E-state index in [4.69, 9.17) is 4.74 Å². The Morgan fingerprint density at radius 1 is 0.889 bits per heavy atom. The summed E-state index contributed by atoms with van der Waals surface area (Å²) in [5, 5.41) is 2.21. The number of fused-ring (bicyclic) bond motifs is 8. The maximum atomic E-state index is 13.0. The Kier molecular flexibility index (Phi) is 2.85. The second kappa shape index (κ2) is 5.08. The molecule has 3 aliphatic rings. The molecule has 2 bridgehead atoms. The van der Waals surface area contributed by atoms with Crippen molar-refractivity contribution in [3.63, 3.8) is 0 Å². The van der Waals surface area contributed by atoms with Crippen LogP contribution in [0.1, 0.15) is 6.92 Å². The molecule has 0 aliphatic carbocycles. The van der Waals surface area contributed by atoms with Gasteiger partial charge in [0.05, 0.1) is 29.7 Å². The first-order chi connectivity index (χ1) is 13.2. The molecule has 3 aliphatic heterocycles. The van der Waals surface area contributed by atoms with E-state index >= 15 is 0 Å². The van der Waals surface area contributed by atoms with Gasteiger partial charge in [-0.25, -0.2) is 4.90 Å². The smallest absolute Gasteiger partial charge is 0.240 e. The largest absolute Gasteiger partial charge is 0.365 e. The fourth-order valence-electron chi connectivity index (χ4n) is 5.08. The Balaban J connectivity index is 1.52. The molecule has 27 heavy (non-hydrogen) atoms. The molecule has 2 amide bonds. The third kappa shape index (κ3) is 1.77. The van der Waals surface area contributed by atoms with Crippen molar-refractivity contribution in [3.8, 4) is 0 Å². The number of anilines is 1. The highest BCUT2D eigenvalue weighted by Gasteiger charge is 2.61. The second-order valence-corrected chi connectivity index (χ2v) is 7.48. The number of hydrogen-bond donors (Lipinski definition) is 0. The van der Waals surface area contributed by atoms with E-state index in [2.05, 4.69) is 23.6 Å². The number of para-hydroxylation sites is 1. The van der Waals surface area contributed by atoms with E-state index in [0.29, 0.717) is 5.69 Å². The van der Waals surface area contributed by atoms with Crippen LogP contribution in [0.15, 0.2) is 54.6 Å². The van der Waals surface area contributed by atoms with Gasteiger partial charge in [-0.1, -0.05) is 30.4 Å². The minimum atomic E-state index is -0.375. The maximum absolute atomic E-state index is 13.0. The Labute approximate surface area is 155 Å². The summed E-state index contributed by atoms with van der Waals surface area (Å²) in [6.07, 6.45) is 3.32. The van der Waals surface area contributed by atoms with Crippen LogP contribution in [0.2, 0.25) is 0 Å². The predicted molar refractivity (Wildman–Crippen MR) is 102 cm³/mol. The minimum Gasteiger partial charge on any atom is -0.365 e. The number of imide groups is 1. The summed E-state index contributed by atoms with van der Waals surface area (Å²) in [6, 6.07) is 14.1. The van der Waals surface area contributed by atoms with Gasteiger partial charge in [0.25, 0.3) is 0 Å². The lowest BCUT2D eigenvalue weighted by atomic mass is 9.85. The topological polar surface area (TPSA) is 51.5 Å². The number of carbonyl (C=O) groups is 2. The third-order valence-electron chi connectivity index (χ3n) is 6.24. The number of aryl methyl sites for hydroxylation is 1. The van der Waals surface area contributed by atoms with Gasteiger partial charge in [-0.15, -0.1) is 0 Å². The number of carbonyl (C=O) groups excluding carboxylic acids is 2. The average molecular weight is 358 g/mol. The first-order valence-electron chi connectivity index (χ1n) is 9.41. The Morgan fingerprint density at radius 3 is 2.26 bits per heavy atom. The van der Waals surface area contributed by atoms with Crippen LogP contribution in [-0.2, 0) is 20.9 Å². The van der Waals surface area contributed by atoms with Crippen molar-refractivity contribution in [3.05, 3.63) is 54.6 Å². The van der Waals surface area contributed by atoms with E-state index in [1.807, 2.05) is 42.5 Å². The van der Waals surface area contributed by atoms with Crippen LogP contribution in [0.5, 0.6) is 0 Å². The molecule has 0 unspecified atom stereocenters. The third-order valence-corrected chi connectivity index (χ3v) is 6.24. The predicted octanol–water partition coefficient (Wildman–Crippen LogP) is 3.26. The average Bonchev–Trinajstić information content (AvgIpc) is 3.43. The molecule has 4 heterocycles. The van der Waals surface area contributed by atoms with Crippen molar-refractivity contribution in [2.24, 2.45) is 11.8 Å². The van der Waals surface area contributed by atoms with Gasteiger partial charge in [0.1, 0.15) is 0 Å². The molecule has 2 saturated heterocycles. The van der Waals surface area contributed by atoms with Gasteiger partial charge in [0, 0.05) is 28.4 Å². The maximum Gasteiger partial charge on any atom is 0.240 e. The molecule has 3 aromatic rings. The number of rotatable bonds is 2. The summed E-state index contributed by atoms with van der Waals surface area (Å²) in [4.78, 5) is 27.4. The SMILES string of the molecule is CCn1c2ccccc2c2cc(N3C(=O)[C@@H]4[C@H](C3=O)[C@H]3C=C[C@@H]4O3)ccc21. The molecule has 134 valence electrons. The molecule has 0 radical (unpaired) electrons. The van der Waals surface area contributed by atoms with Gasteiger partial charge in [-0.3, -0.25) is 9.59 Å². The van der Waals surface area contributed by atoms with Crippen LogP contribution >= 0.6 is 0 Å². The summed E-state index contributed by atoms with van der Waals surface area (Å²) in [5.41, 5.74) is 2.94. The van der Waals surface area contributed by atoms with Crippen molar-refractivity contribution in [2.75, 3.05) is 4.90 Å². The summed E-state index contributed by atoms with van der Waals surface area (Å²) in [7, 11) is 0. The van der Waals surface area contributed by atoms with E-state index in [9.17, 15) is 9.59 Å². The zero-order valence-corrected chi connectivity index (χ0v) is 14.8. The monoisotopic (exact) mass is 358 g/mol. The first-order valence-corrected chi connectivity index (χ1v) is 9.41. The number of ether oxygens (including phenoxy) is 1. The summed E-state index contributed by atoms with van der Waals surface area (Å²) in [6.45, 7) is 2.98. The molecular weight excluding hydrogens is 340 g/mol. The summed E-state index contributed by atoms with van der Waals surface area (Å²) >= 11 is 0. The fourth-order valence-corrected chi connectivity index (χ4v) is 5.08. The van der Waals surface area contributed by atoms with E-state index in [-0.39, 0.29) is 35.9 Å². The van der Waals surface area contributed by atoms with Gasteiger partial charge < -0.3 is 9.30 Å². The van der Waals surface area contributed by atoms with Crippen LogP contribution in [0.25, 0.3) is 21.8 Å². The normalized spacial score (nSPS) is 28.9. The molecule has 2 fully saturated rings. The first kappa shape index (κ1) is 15.2. The van der Waals surface area contributed by atoms with Crippen molar-refractivity contribution in [2.45, 2.75) is 25.7 Å². The number of benzene rings is 2. The van der Waals surface area contributed by atoms with Crippen LogP contribution in [0, 0.1) is 11.8 Å². The highest BCUT2D eigenvalue weighted by Crippen LogP contribution is 2.46. The number of amides is 2. The zero-order chi connectivity index (χ0) is 18.3. The lowest BCUT2D eigenvalue weighted by Gasteiger charge is -2.18. The van der Waals surface area contributed by atoms with Crippen molar-refractivity contribution >= 4 is 39.3 Å². The lowest BCUT2D eigenvalue weighted by molar-refractivity contribution is -0.124. The molecule has 5 nitrogen and oxygen atoms in total. The molecular formula is C22H18N2O3. The number of hydrogen-bond acceptors (Lipinski definition) is 3. The van der Waals surface area contributed by atoms with E-state index in [1.165, 1.54) is 10.4 Å². The molecule has 1 aromatic heterocycles. The Bertz CT molecular complexity index is 1140. The summed E-state index contributed by atoms with van der Waals surface area (Å²) < 4.78 is 7.99. The van der Waals surface area contributed by atoms with E-state index < -0.39 is 0 Å². The quantitative estimate of drug-likeness (QED) is 0.522. The van der Waals surface area contributed by atoms with Crippen LogP contribution in [-0.4, -0.2) is 28.6 Å². The highest BCUT2D eigenvalue weighted by atomic mass is 16.5. The fraction of sp³-hybridized carbons (Fsp3) is 0.273. The van der Waals surface area contributed by atoms with Gasteiger partial charge in [0.2, 0.25) is 11.8 Å². The highest BCUT2D eigenvalue weighted by molar-refractivity contribution is 6.24. The second-order valence-electron chi connectivity index (χ2n) is 7.48. The standard InChI is InChI=1S/C22H18N2O3/c1-2-23-15-6-4-3-5-13(15)14-11-12(7-8-16(14)23)24-21(25)19-17-9-10-18(27-17)20(19)22(24)26/h3-11,17-20H,2H2,1H3/t17-,18+,19-,20+. The molecule has 0 saturated carbocycles. The lowest BCUT2D eigenvalue weighted by Crippen LogP contribution is -2.34. The Morgan fingerprint density at radius 2 is 1.56 bits per heavy atom. The molecule has 2 aromatic carbocycles. The van der Waals surface area contributed by atoms with Gasteiger partial charge in [-0.05, 0) is 31.2 Å². The van der Waals surface area contributed by atoms with Gasteiger partial charge >= 0.3 is 0 Å². The van der Waals surface area contributed by atoms with Crippen molar-refractivity contribution < 1.29 is 14.3 Å². The molecule has 4 atom stereocenters. The van der Waals surface area contributed by atoms with Crippen LogP contribution < -0.4 is 4.90 Å². The van der Waals surface area contributed by atoms with E-state index in [0.717, 1.165) is 22.8 Å². The van der Waals surface area contributed by atoms with Crippen molar-refractivity contribution in [1.29, 1.82) is 0 Å². The summed E-state index contributed by atoms with van der Waals surface area (Å²) in [5.74, 6) is -1.03. The molecule has 5 heteroatoms. The van der Waals surface area contributed by atoms with Crippen LogP contribution in [0.3, 0.4) is 0 Å². The van der Waals surface area contributed by atoms with Gasteiger partial charge in [0.15, 0.2) is 0 Å². The van der Waals surface area contributed by atoms with Gasteiger partial charge in [-0.2, -0.15) is 0 Å². The van der Waals surface area contributed by atoms with Crippen LogP contribution in [0.4, 0.5) is 5.69 Å². The molecule has 0 N–H and O–H groups in total. The minimum absolute atomic E-state index is 0.138. The Hall–Kier alpha value is -2.92. The molecule has 6 rings (SSSR count). The zero-order valence-electron chi connectivity index (χ0n) is 14.8. The number of nitrogens with zero attached hydrogens (tertiary/aromatic N) is 2.